The Balaban J connectivity index is 2.21. The molecule has 1 saturated heterocycles. The van der Waals surface area contributed by atoms with Gasteiger partial charge >= 0.3 is 0 Å². The predicted octanol–water partition coefficient (Wildman–Crippen LogP) is 0.564. The van der Waals surface area contributed by atoms with E-state index in [-0.39, 0.29) is 0 Å². The van der Waals surface area contributed by atoms with Gasteiger partial charge in [0.25, 0.3) is 0 Å². The number of rotatable bonds is 1. The fourth-order valence-electron chi connectivity index (χ4n) is 1.76. The van der Waals surface area contributed by atoms with E-state index in [1.165, 1.54) is 5.56 Å². The second kappa shape index (κ2) is 3.03. The summed E-state index contributed by atoms with van der Waals surface area (Å²) in [7, 11) is 0. The van der Waals surface area contributed by atoms with Crippen molar-refractivity contribution in [3.8, 4) is 0 Å². The molecule has 1 aromatic rings. The second-order valence-corrected chi connectivity index (χ2v) is 3.79. The summed E-state index contributed by atoms with van der Waals surface area (Å²) in [5.41, 5.74) is 8.23. The molecule has 0 amide bonds. The molecular weight excluding hydrogens is 164 g/mol. The zero-order valence-corrected chi connectivity index (χ0v) is 8.17. The minimum Gasteiger partial charge on any atom is -0.353 e. The van der Waals surface area contributed by atoms with Crippen molar-refractivity contribution in [2.24, 2.45) is 5.73 Å². The van der Waals surface area contributed by atoms with Gasteiger partial charge in [0, 0.05) is 30.4 Å². The first kappa shape index (κ1) is 8.56. The SMILES string of the molecule is Cc1[nH]nc(N2CCC(N)C2)c1C. The first-order valence-electron chi connectivity index (χ1n) is 4.70. The Morgan fingerprint density at radius 3 is 2.77 bits per heavy atom. The molecule has 1 aliphatic rings. The molecule has 1 atom stereocenters. The van der Waals surface area contributed by atoms with Crippen LogP contribution in [0.15, 0.2) is 0 Å². The minimum atomic E-state index is 0.316. The van der Waals surface area contributed by atoms with Crippen LogP contribution in [0.5, 0.6) is 0 Å². The van der Waals surface area contributed by atoms with Crippen LogP contribution in [0.3, 0.4) is 0 Å². The van der Waals surface area contributed by atoms with Crippen molar-refractivity contribution in [1.82, 2.24) is 10.2 Å². The quantitative estimate of drug-likeness (QED) is 0.664. The lowest BCUT2D eigenvalue weighted by atomic mass is 10.2. The Kier molecular flexibility index (Phi) is 2.00. The lowest BCUT2D eigenvalue weighted by Crippen LogP contribution is -2.26. The number of H-pyrrole nitrogens is 1. The maximum absolute atomic E-state index is 5.84. The second-order valence-electron chi connectivity index (χ2n) is 3.79. The van der Waals surface area contributed by atoms with Gasteiger partial charge in [0.1, 0.15) is 0 Å². The van der Waals surface area contributed by atoms with E-state index >= 15 is 0 Å². The van der Waals surface area contributed by atoms with Gasteiger partial charge in [-0.3, -0.25) is 5.10 Å². The number of aryl methyl sites for hydroxylation is 1. The average molecular weight is 180 g/mol. The lowest BCUT2D eigenvalue weighted by molar-refractivity contribution is 0.751. The lowest BCUT2D eigenvalue weighted by Gasteiger charge is -2.15. The maximum Gasteiger partial charge on any atom is 0.153 e. The van der Waals surface area contributed by atoms with Gasteiger partial charge in [-0.1, -0.05) is 0 Å². The molecule has 1 aliphatic heterocycles. The highest BCUT2D eigenvalue weighted by atomic mass is 15.3. The van der Waals surface area contributed by atoms with Crippen molar-refractivity contribution in [2.75, 3.05) is 18.0 Å². The Bertz CT molecular complexity index is 305. The molecular formula is C9H16N4. The number of hydrogen-bond donors (Lipinski definition) is 2. The highest BCUT2D eigenvalue weighted by molar-refractivity contribution is 5.48. The molecule has 3 N–H and O–H groups in total. The molecule has 13 heavy (non-hydrogen) atoms. The van der Waals surface area contributed by atoms with Crippen molar-refractivity contribution in [2.45, 2.75) is 26.3 Å². The molecule has 0 bridgehead atoms. The Morgan fingerprint density at radius 2 is 2.31 bits per heavy atom. The summed E-state index contributed by atoms with van der Waals surface area (Å²) in [6.07, 6.45) is 1.07. The highest BCUT2D eigenvalue weighted by Crippen LogP contribution is 2.22. The van der Waals surface area contributed by atoms with E-state index in [1.54, 1.807) is 0 Å². The zero-order chi connectivity index (χ0) is 9.42. The zero-order valence-electron chi connectivity index (χ0n) is 8.17. The number of aromatic amines is 1. The Morgan fingerprint density at radius 1 is 1.54 bits per heavy atom. The van der Waals surface area contributed by atoms with Crippen LogP contribution >= 0.6 is 0 Å². The third-order valence-corrected chi connectivity index (χ3v) is 2.75. The van der Waals surface area contributed by atoms with Gasteiger partial charge in [-0.15, -0.1) is 0 Å². The minimum absolute atomic E-state index is 0.316. The van der Waals surface area contributed by atoms with Crippen LogP contribution in [-0.2, 0) is 0 Å². The van der Waals surface area contributed by atoms with E-state index in [1.807, 2.05) is 6.92 Å². The summed E-state index contributed by atoms with van der Waals surface area (Å²) >= 11 is 0. The van der Waals surface area contributed by atoms with Gasteiger partial charge in [0.2, 0.25) is 0 Å². The summed E-state index contributed by atoms with van der Waals surface area (Å²) in [4.78, 5) is 2.25. The van der Waals surface area contributed by atoms with Crippen LogP contribution in [0.4, 0.5) is 5.82 Å². The molecule has 1 fully saturated rings. The molecule has 0 saturated carbocycles. The van der Waals surface area contributed by atoms with E-state index in [2.05, 4.69) is 22.0 Å². The highest BCUT2D eigenvalue weighted by Gasteiger charge is 2.22. The molecule has 0 radical (unpaired) electrons. The van der Waals surface area contributed by atoms with E-state index in [4.69, 9.17) is 5.73 Å². The first-order chi connectivity index (χ1) is 6.18. The van der Waals surface area contributed by atoms with Gasteiger partial charge in [0.05, 0.1) is 0 Å². The number of hydrogen-bond acceptors (Lipinski definition) is 3. The van der Waals surface area contributed by atoms with Gasteiger partial charge < -0.3 is 10.6 Å². The first-order valence-corrected chi connectivity index (χ1v) is 4.70. The fraction of sp³-hybridized carbons (Fsp3) is 0.667. The summed E-state index contributed by atoms with van der Waals surface area (Å²) in [5.74, 6) is 1.07. The molecule has 4 heteroatoms. The molecule has 4 nitrogen and oxygen atoms in total. The molecule has 1 aromatic heterocycles. The molecule has 1 unspecified atom stereocenters. The maximum atomic E-state index is 5.84. The van der Waals surface area contributed by atoms with E-state index in [9.17, 15) is 0 Å². The number of nitrogens with zero attached hydrogens (tertiary/aromatic N) is 2. The topological polar surface area (TPSA) is 57.9 Å². The van der Waals surface area contributed by atoms with Gasteiger partial charge in [-0.25, -0.2) is 0 Å². The summed E-state index contributed by atoms with van der Waals surface area (Å²) in [6, 6.07) is 0.316. The number of anilines is 1. The van der Waals surface area contributed by atoms with E-state index in [0.29, 0.717) is 6.04 Å². The summed E-state index contributed by atoms with van der Waals surface area (Å²) < 4.78 is 0. The average Bonchev–Trinajstić information content (AvgIpc) is 2.62. The van der Waals surface area contributed by atoms with Gasteiger partial charge in [0.15, 0.2) is 5.82 Å². The number of nitrogens with one attached hydrogen (secondary N) is 1. The van der Waals surface area contributed by atoms with Crippen LogP contribution < -0.4 is 10.6 Å². The number of nitrogens with two attached hydrogens (primary N) is 1. The third kappa shape index (κ3) is 1.42. The van der Waals surface area contributed by atoms with Crippen molar-refractivity contribution >= 4 is 5.82 Å². The van der Waals surface area contributed by atoms with Crippen molar-refractivity contribution in [3.05, 3.63) is 11.3 Å². The van der Waals surface area contributed by atoms with E-state index in [0.717, 1.165) is 31.0 Å². The molecule has 72 valence electrons. The molecule has 2 rings (SSSR count). The van der Waals surface area contributed by atoms with Crippen LogP contribution in [0.2, 0.25) is 0 Å². The molecule has 0 spiro atoms. The van der Waals surface area contributed by atoms with Crippen molar-refractivity contribution in [3.63, 3.8) is 0 Å². The monoisotopic (exact) mass is 180 g/mol. The Labute approximate surface area is 78.1 Å². The smallest absolute Gasteiger partial charge is 0.153 e. The van der Waals surface area contributed by atoms with Gasteiger partial charge in [-0.2, -0.15) is 5.10 Å². The van der Waals surface area contributed by atoms with Crippen molar-refractivity contribution in [1.29, 1.82) is 0 Å². The molecule has 2 heterocycles. The number of aromatic nitrogens is 2. The molecule has 0 aliphatic carbocycles. The van der Waals surface area contributed by atoms with Crippen LogP contribution in [0.25, 0.3) is 0 Å². The van der Waals surface area contributed by atoms with E-state index < -0.39 is 0 Å². The largest absolute Gasteiger partial charge is 0.353 e. The van der Waals surface area contributed by atoms with Crippen LogP contribution in [0.1, 0.15) is 17.7 Å². The normalized spacial score (nSPS) is 22.7. The predicted molar refractivity (Wildman–Crippen MR) is 52.9 cm³/mol. The third-order valence-electron chi connectivity index (χ3n) is 2.75. The molecule has 0 aromatic carbocycles. The Hall–Kier alpha value is -1.03. The van der Waals surface area contributed by atoms with Gasteiger partial charge in [-0.05, 0) is 20.3 Å². The van der Waals surface area contributed by atoms with Crippen molar-refractivity contribution < 1.29 is 0 Å². The fourth-order valence-corrected chi connectivity index (χ4v) is 1.76. The van der Waals surface area contributed by atoms with Crippen LogP contribution in [-0.4, -0.2) is 29.3 Å². The summed E-state index contributed by atoms with van der Waals surface area (Å²) in [5, 5.41) is 7.27. The summed E-state index contributed by atoms with van der Waals surface area (Å²) in [6.45, 7) is 6.11. The van der Waals surface area contributed by atoms with Crippen LogP contribution in [0, 0.1) is 13.8 Å². The standard InChI is InChI=1S/C9H16N4/c1-6-7(2)11-12-9(6)13-4-3-8(10)5-13/h8H,3-5,10H2,1-2H3,(H,11,12).